The quantitative estimate of drug-likeness (QED) is 0.561. The molecule has 0 aliphatic heterocycles. The van der Waals surface area contributed by atoms with Crippen molar-refractivity contribution < 1.29 is 20.1 Å². The van der Waals surface area contributed by atoms with Gasteiger partial charge in [0.05, 0.1) is 17.8 Å². The number of aliphatic hydroxyl groups is 3. The molecule has 4 heteroatoms. The fraction of sp³-hybridized carbons (Fsp3) is 0.741. The van der Waals surface area contributed by atoms with Gasteiger partial charge in [-0.15, -0.1) is 0 Å². The number of carbonyl (C=O) groups is 1. The van der Waals surface area contributed by atoms with Gasteiger partial charge in [0.15, 0.2) is 0 Å². The SMILES string of the molecule is C=C1C(=C/C=C2\CCC[C@]3(C)[C@@H]([C@H](C)CC(=O)CC(C)(C)O)CC[C@@H]23)C[C@@H](O)C[C@@H]1O. The lowest BCUT2D eigenvalue weighted by molar-refractivity contribution is -0.124. The van der Waals surface area contributed by atoms with E-state index in [4.69, 9.17) is 0 Å². The summed E-state index contributed by atoms with van der Waals surface area (Å²) in [6, 6.07) is 0. The number of allylic oxidation sites excluding steroid dienone is 3. The van der Waals surface area contributed by atoms with E-state index >= 15 is 0 Å². The molecule has 0 aromatic heterocycles. The summed E-state index contributed by atoms with van der Waals surface area (Å²) in [4.78, 5) is 12.5. The van der Waals surface area contributed by atoms with Crippen LogP contribution >= 0.6 is 0 Å². The maximum Gasteiger partial charge on any atom is 0.136 e. The summed E-state index contributed by atoms with van der Waals surface area (Å²) in [5.74, 6) is 1.54. The van der Waals surface area contributed by atoms with Gasteiger partial charge in [-0.2, -0.15) is 0 Å². The van der Waals surface area contributed by atoms with Crippen LogP contribution in [0.4, 0.5) is 0 Å². The van der Waals surface area contributed by atoms with Crippen molar-refractivity contribution in [1.29, 1.82) is 0 Å². The molecule has 0 bridgehead atoms. The molecular formula is C27H42O4. The van der Waals surface area contributed by atoms with E-state index in [2.05, 4.69) is 32.6 Å². The topological polar surface area (TPSA) is 77.8 Å². The van der Waals surface area contributed by atoms with Crippen molar-refractivity contribution in [2.24, 2.45) is 23.2 Å². The van der Waals surface area contributed by atoms with Gasteiger partial charge >= 0.3 is 0 Å². The summed E-state index contributed by atoms with van der Waals surface area (Å²) < 4.78 is 0. The van der Waals surface area contributed by atoms with Gasteiger partial charge in [0.2, 0.25) is 0 Å². The van der Waals surface area contributed by atoms with E-state index in [0.717, 1.165) is 36.8 Å². The molecule has 31 heavy (non-hydrogen) atoms. The number of rotatable bonds is 6. The number of hydrogen-bond acceptors (Lipinski definition) is 4. The predicted molar refractivity (Wildman–Crippen MR) is 124 cm³/mol. The van der Waals surface area contributed by atoms with E-state index in [0.29, 0.717) is 37.0 Å². The normalized spacial score (nSPS) is 37.8. The lowest BCUT2D eigenvalue weighted by Gasteiger charge is -2.44. The molecule has 0 unspecified atom stereocenters. The zero-order chi connectivity index (χ0) is 23.0. The van der Waals surface area contributed by atoms with E-state index in [-0.39, 0.29) is 17.6 Å². The summed E-state index contributed by atoms with van der Waals surface area (Å²) in [5, 5.41) is 30.1. The van der Waals surface area contributed by atoms with E-state index < -0.39 is 17.8 Å². The summed E-state index contributed by atoms with van der Waals surface area (Å²) >= 11 is 0. The summed E-state index contributed by atoms with van der Waals surface area (Å²) in [7, 11) is 0. The Balaban J connectivity index is 1.73. The van der Waals surface area contributed by atoms with E-state index in [1.807, 2.05) is 0 Å². The van der Waals surface area contributed by atoms with Crippen molar-refractivity contribution in [2.45, 2.75) is 103 Å². The van der Waals surface area contributed by atoms with Crippen LogP contribution < -0.4 is 0 Å². The molecule has 3 N–H and O–H groups in total. The number of ketones is 1. The Labute approximate surface area is 188 Å². The first-order chi connectivity index (χ1) is 14.4. The zero-order valence-corrected chi connectivity index (χ0v) is 19.9. The van der Waals surface area contributed by atoms with E-state index in [1.165, 1.54) is 12.0 Å². The molecule has 0 heterocycles. The number of hydrogen-bond donors (Lipinski definition) is 3. The van der Waals surface area contributed by atoms with Gasteiger partial charge in [0.1, 0.15) is 5.78 Å². The van der Waals surface area contributed by atoms with Crippen molar-refractivity contribution >= 4 is 5.78 Å². The number of aliphatic hydroxyl groups excluding tert-OH is 2. The minimum atomic E-state index is -0.933. The van der Waals surface area contributed by atoms with Crippen molar-refractivity contribution in [1.82, 2.24) is 0 Å². The molecule has 0 spiro atoms. The lowest BCUT2D eigenvalue weighted by Crippen LogP contribution is -2.36. The maximum atomic E-state index is 12.5. The first-order valence-corrected chi connectivity index (χ1v) is 12.1. The van der Waals surface area contributed by atoms with Gasteiger partial charge in [-0.1, -0.05) is 38.2 Å². The Hall–Kier alpha value is -1.23. The Kier molecular flexibility index (Phi) is 7.35. The van der Waals surface area contributed by atoms with Gasteiger partial charge in [-0.05, 0) is 86.7 Å². The first-order valence-electron chi connectivity index (χ1n) is 12.1. The zero-order valence-electron chi connectivity index (χ0n) is 19.9. The molecule has 0 amide bonds. The molecule has 3 aliphatic carbocycles. The monoisotopic (exact) mass is 430 g/mol. The Morgan fingerprint density at radius 3 is 2.68 bits per heavy atom. The number of fused-ring (bicyclic) bond motifs is 1. The summed E-state index contributed by atoms with van der Waals surface area (Å²) in [6.45, 7) is 12.1. The van der Waals surface area contributed by atoms with Crippen LogP contribution in [-0.4, -0.2) is 38.9 Å². The second kappa shape index (κ2) is 9.33. The predicted octanol–water partition coefficient (Wildman–Crippen LogP) is 4.88. The highest BCUT2D eigenvalue weighted by atomic mass is 16.3. The van der Waals surface area contributed by atoms with Crippen LogP contribution in [0.3, 0.4) is 0 Å². The molecule has 174 valence electrons. The molecule has 4 nitrogen and oxygen atoms in total. The van der Waals surface area contributed by atoms with Crippen molar-refractivity contribution in [3.63, 3.8) is 0 Å². The molecule has 3 rings (SSSR count). The Morgan fingerprint density at radius 1 is 1.29 bits per heavy atom. The standard InChI is InChI=1S/C27H42O4/c1-17(13-22(29)16-26(3,4)31)23-10-11-24-19(7-6-12-27(23,24)5)8-9-20-14-21(28)15-25(30)18(20)2/h8-9,17,21,23-25,28,30-31H,2,6-7,10-16H2,1,3-5H3/b19-8+,20-9?/t17-,21-,23-,24+,25+,27-/m1/s1. The van der Waals surface area contributed by atoms with Crippen LogP contribution in [-0.2, 0) is 4.79 Å². The summed E-state index contributed by atoms with van der Waals surface area (Å²) in [5.41, 5.74) is 2.45. The highest BCUT2D eigenvalue weighted by Crippen LogP contribution is 2.59. The van der Waals surface area contributed by atoms with Crippen LogP contribution in [0.1, 0.15) is 85.5 Å². The van der Waals surface area contributed by atoms with Crippen molar-refractivity contribution in [3.05, 3.63) is 35.5 Å². The average Bonchev–Trinajstić information content (AvgIpc) is 2.99. The third-order valence-electron chi connectivity index (χ3n) is 8.17. The highest BCUT2D eigenvalue weighted by Gasteiger charge is 2.50. The van der Waals surface area contributed by atoms with Gasteiger partial charge in [-0.25, -0.2) is 0 Å². The largest absolute Gasteiger partial charge is 0.393 e. The molecule has 0 aromatic rings. The maximum absolute atomic E-state index is 12.5. The smallest absolute Gasteiger partial charge is 0.136 e. The molecular weight excluding hydrogens is 388 g/mol. The van der Waals surface area contributed by atoms with Gasteiger partial charge in [-0.3, -0.25) is 4.79 Å². The van der Waals surface area contributed by atoms with E-state index in [1.54, 1.807) is 13.8 Å². The molecule has 6 atom stereocenters. The first kappa shape index (κ1) is 24.4. The van der Waals surface area contributed by atoms with Crippen LogP contribution in [0.5, 0.6) is 0 Å². The minimum absolute atomic E-state index is 0.163. The number of Topliss-reactive ketones (excluding diaryl/α,β-unsaturated/α-hetero) is 1. The molecule has 0 aromatic carbocycles. The Bertz CT molecular complexity index is 756. The third-order valence-corrected chi connectivity index (χ3v) is 8.17. The summed E-state index contributed by atoms with van der Waals surface area (Å²) in [6.07, 6.45) is 10.6. The molecule has 3 saturated carbocycles. The third kappa shape index (κ3) is 5.58. The molecule has 0 radical (unpaired) electrons. The van der Waals surface area contributed by atoms with Crippen molar-refractivity contribution in [3.8, 4) is 0 Å². The number of carbonyl (C=O) groups excluding carboxylic acids is 1. The van der Waals surface area contributed by atoms with E-state index in [9.17, 15) is 20.1 Å². The highest BCUT2D eigenvalue weighted by molar-refractivity contribution is 5.79. The van der Waals surface area contributed by atoms with Crippen molar-refractivity contribution in [2.75, 3.05) is 0 Å². The average molecular weight is 431 g/mol. The molecule has 3 fully saturated rings. The van der Waals surface area contributed by atoms with Crippen LogP contribution in [0.15, 0.2) is 35.5 Å². The fourth-order valence-corrected chi connectivity index (χ4v) is 6.74. The van der Waals surface area contributed by atoms with Crippen LogP contribution in [0.25, 0.3) is 0 Å². The van der Waals surface area contributed by atoms with Gasteiger partial charge < -0.3 is 15.3 Å². The second-order valence-electron chi connectivity index (χ2n) is 11.4. The van der Waals surface area contributed by atoms with Crippen LogP contribution in [0, 0.1) is 23.2 Å². The minimum Gasteiger partial charge on any atom is -0.393 e. The van der Waals surface area contributed by atoms with Crippen LogP contribution in [0.2, 0.25) is 0 Å². The fourth-order valence-electron chi connectivity index (χ4n) is 6.74. The Morgan fingerprint density at radius 2 is 2.00 bits per heavy atom. The second-order valence-corrected chi connectivity index (χ2v) is 11.4. The molecule has 0 saturated heterocycles. The van der Waals surface area contributed by atoms with Gasteiger partial charge in [0.25, 0.3) is 0 Å². The molecule has 3 aliphatic rings. The lowest BCUT2D eigenvalue weighted by atomic mass is 9.60. The van der Waals surface area contributed by atoms with Gasteiger partial charge in [0, 0.05) is 19.3 Å².